The summed E-state index contributed by atoms with van der Waals surface area (Å²) < 4.78 is 7.33. The van der Waals surface area contributed by atoms with Gasteiger partial charge >= 0.3 is 6.03 Å². The summed E-state index contributed by atoms with van der Waals surface area (Å²) in [5.41, 5.74) is 1.41. The highest BCUT2D eigenvalue weighted by molar-refractivity contribution is 5.90. The van der Waals surface area contributed by atoms with Crippen molar-refractivity contribution in [1.82, 2.24) is 14.9 Å². The van der Waals surface area contributed by atoms with Crippen LogP contribution in [0, 0.1) is 0 Å². The second-order valence-corrected chi connectivity index (χ2v) is 6.61. The van der Waals surface area contributed by atoms with Gasteiger partial charge in [-0.3, -0.25) is 0 Å². The van der Waals surface area contributed by atoms with Gasteiger partial charge in [-0.15, -0.1) is 0 Å². The number of carbonyl (C=O) groups is 1. The third-order valence-electron chi connectivity index (χ3n) is 3.93. The van der Waals surface area contributed by atoms with Crippen LogP contribution in [0.3, 0.4) is 0 Å². The molecule has 0 aliphatic rings. The SMILES string of the molecule is COC(C)(C)C[C@H](C)NC(=O)Nc1cccc(-c2nccn2C)c1. The van der Waals surface area contributed by atoms with Crippen molar-refractivity contribution in [3.63, 3.8) is 0 Å². The van der Waals surface area contributed by atoms with E-state index < -0.39 is 0 Å². The van der Waals surface area contributed by atoms with Crippen LogP contribution < -0.4 is 10.6 Å². The molecule has 2 aromatic rings. The first-order chi connectivity index (χ1) is 11.3. The van der Waals surface area contributed by atoms with Crippen molar-refractivity contribution in [1.29, 1.82) is 0 Å². The number of anilines is 1. The van der Waals surface area contributed by atoms with Crippen LogP contribution in [0.4, 0.5) is 10.5 Å². The Morgan fingerprint density at radius 3 is 2.79 bits per heavy atom. The molecule has 0 spiro atoms. The van der Waals surface area contributed by atoms with Crippen molar-refractivity contribution in [2.24, 2.45) is 7.05 Å². The van der Waals surface area contributed by atoms with Crippen LogP contribution >= 0.6 is 0 Å². The lowest BCUT2D eigenvalue weighted by molar-refractivity contribution is 0.00963. The van der Waals surface area contributed by atoms with Gasteiger partial charge in [-0.2, -0.15) is 0 Å². The standard InChI is InChI=1S/C18H26N4O2/c1-13(12-18(2,3)24-5)20-17(23)21-15-8-6-7-14(11-15)16-19-9-10-22(16)4/h6-11,13H,12H2,1-5H3,(H2,20,21,23)/t13-/m0/s1. The minimum atomic E-state index is -0.273. The number of rotatable bonds is 6. The molecule has 0 radical (unpaired) electrons. The molecule has 1 aromatic carbocycles. The second-order valence-electron chi connectivity index (χ2n) is 6.61. The lowest BCUT2D eigenvalue weighted by Gasteiger charge is -2.27. The van der Waals surface area contributed by atoms with Crippen LogP contribution in [-0.4, -0.2) is 34.3 Å². The van der Waals surface area contributed by atoms with E-state index in [9.17, 15) is 4.79 Å². The maximum Gasteiger partial charge on any atom is 0.319 e. The third-order valence-corrected chi connectivity index (χ3v) is 3.93. The van der Waals surface area contributed by atoms with E-state index in [1.54, 1.807) is 13.3 Å². The highest BCUT2D eigenvalue weighted by Crippen LogP contribution is 2.21. The van der Waals surface area contributed by atoms with Gasteiger partial charge in [0.05, 0.1) is 5.60 Å². The summed E-state index contributed by atoms with van der Waals surface area (Å²) in [5, 5.41) is 5.80. The van der Waals surface area contributed by atoms with Gasteiger partial charge in [0.25, 0.3) is 0 Å². The molecule has 130 valence electrons. The van der Waals surface area contributed by atoms with Gasteiger partial charge in [0, 0.05) is 43.8 Å². The van der Waals surface area contributed by atoms with Crippen molar-refractivity contribution >= 4 is 11.7 Å². The second kappa shape index (κ2) is 7.49. The molecule has 0 aliphatic carbocycles. The number of nitrogens with one attached hydrogen (secondary N) is 2. The molecule has 0 aliphatic heterocycles. The first-order valence-corrected chi connectivity index (χ1v) is 8.01. The Balaban J connectivity index is 1.99. The first kappa shape index (κ1) is 18.0. The number of benzene rings is 1. The first-order valence-electron chi connectivity index (χ1n) is 8.01. The van der Waals surface area contributed by atoms with Gasteiger partial charge in [-0.1, -0.05) is 12.1 Å². The van der Waals surface area contributed by atoms with Crippen LogP contribution in [0.25, 0.3) is 11.4 Å². The largest absolute Gasteiger partial charge is 0.379 e. The number of aromatic nitrogens is 2. The summed E-state index contributed by atoms with van der Waals surface area (Å²) in [6.45, 7) is 5.96. The van der Waals surface area contributed by atoms with Crippen LogP contribution in [0.1, 0.15) is 27.2 Å². The fraction of sp³-hybridized carbons (Fsp3) is 0.444. The topological polar surface area (TPSA) is 68.2 Å². The molecule has 0 bridgehead atoms. The predicted octanol–water partition coefficient (Wildman–Crippen LogP) is 3.41. The molecule has 0 saturated heterocycles. The molecule has 24 heavy (non-hydrogen) atoms. The summed E-state index contributed by atoms with van der Waals surface area (Å²) in [4.78, 5) is 16.5. The number of methoxy groups -OCH3 is 1. The van der Waals surface area contributed by atoms with E-state index in [4.69, 9.17) is 4.74 Å². The Hall–Kier alpha value is -2.34. The Labute approximate surface area is 143 Å². The fourth-order valence-electron chi connectivity index (χ4n) is 2.64. The number of hydrogen-bond donors (Lipinski definition) is 2. The number of carbonyl (C=O) groups excluding carboxylic acids is 1. The fourth-order valence-corrected chi connectivity index (χ4v) is 2.64. The summed E-state index contributed by atoms with van der Waals surface area (Å²) in [6, 6.07) is 7.40. The molecule has 6 nitrogen and oxygen atoms in total. The van der Waals surface area contributed by atoms with Crippen LogP contribution in [0.5, 0.6) is 0 Å². The quantitative estimate of drug-likeness (QED) is 0.853. The van der Waals surface area contributed by atoms with E-state index in [1.807, 2.05) is 62.8 Å². The number of aryl methyl sites for hydroxylation is 1. The minimum absolute atomic E-state index is 0.00215. The summed E-state index contributed by atoms with van der Waals surface area (Å²) in [6.07, 6.45) is 4.37. The van der Waals surface area contributed by atoms with Gasteiger partial charge in [0.1, 0.15) is 5.82 Å². The highest BCUT2D eigenvalue weighted by Gasteiger charge is 2.21. The Morgan fingerprint density at radius 2 is 2.17 bits per heavy atom. The van der Waals surface area contributed by atoms with Gasteiger partial charge < -0.3 is 19.9 Å². The number of imidazole rings is 1. The van der Waals surface area contributed by atoms with E-state index in [0.29, 0.717) is 0 Å². The Kier molecular flexibility index (Phi) is 5.62. The van der Waals surface area contributed by atoms with Crippen LogP contribution in [-0.2, 0) is 11.8 Å². The molecule has 1 heterocycles. The Bertz CT molecular complexity index is 694. The lowest BCUT2D eigenvalue weighted by atomic mass is 10.00. The summed E-state index contributed by atoms with van der Waals surface area (Å²) >= 11 is 0. The normalized spacial score (nSPS) is 12.7. The number of urea groups is 1. The van der Waals surface area contributed by atoms with Crippen molar-refractivity contribution in [3.8, 4) is 11.4 Å². The molecule has 1 atom stereocenters. The smallest absolute Gasteiger partial charge is 0.319 e. The maximum atomic E-state index is 12.2. The number of hydrogen-bond acceptors (Lipinski definition) is 3. The average Bonchev–Trinajstić information content (AvgIpc) is 2.92. The zero-order valence-corrected chi connectivity index (χ0v) is 15.0. The van der Waals surface area contributed by atoms with E-state index in [2.05, 4.69) is 15.6 Å². The molecule has 0 unspecified atom stereocenters. The highest BCUT2D eigenvalue weighted by atomic mass is 16.5. The Morgan fingerprint density at radius 1 is 1.42 bits per heavy atom. The minimum Gasteiger partial charge on any atom is -0.379 e. The number of amides is 2. The van der Waals surface area contributed by atoms with Gasteiger partial charge in [0.15, 0.2) is 0 Å². The van der Waals surface area contributed by atoms with E-state index in [-0.39, 0.29) is 17.7 Å². The van der Waals surface area contributed by atoms with Crippen molar-refractivity contribution in [2.75, 3.05) is 12.4 Å². The zero-order chi connectivity index (χ0) is 17.7. The molecule has 2 amide bonds. The van der Waals surface area contributed by atoms with Gasteiger partial charge in [0.2, 0.25) is 0 Å². The third kappa shape index (κ3) is 4.83. The number of ether oxygens (including phenoxy) is 1. The predicted molar refractivity (Wildman–Crippen MR) is 96.0 cm³/mol. The van der Waals surface area contributed by atoms with E-state index in [0.717, 1.165) is 23.5 Å². The summed E-state index contributed by atoms with van der Waals surface area (Å²) in [5.74, 6) is 0.856. The molecule has 0 saturated carbocycles. The van der Waals surface area contributed by atoms with E-state index >= 15 is 0 Å². The lowest BCUT2D eigenvalue weighted by Crippen LogP contribution is -2.40. The van der Waals surface area contributed by atoms with Crippen LogP contribution in [0.2, 0.25) is 0 Å². The molecule has 2 N–H and O–H groups in total. The molecular formula is C18H26N4O2. The molecule has 6 heteroatoms. The van der Waals surface area contributed by atoms with Crippen molar-refractivity contribution in [2.45, 2.75) is 38.8 Å². The van der Waals surface area contributed by atoms with Crippen molar-refractivity contribution < 1.29 is 9.53 Å². The van der Waals surface area contributed by atoms with Gasteiger partial charge in [-0.25, -0.2) is 9.78 Å². The summed E-state index contributed by atoms with van der Waals surface area (Å²) in [7, 11) is 3.62. The van der Waals surface area contributed by atoms with Crippen LogP contribution in [0.15, 0.2) is 36.7 Å². The number of nitrogens with zero attached hydrogens (tertiary/aromatic N) is 2. The molecule has 2 rings (SSSR count). The maximum absolute atomic E-state index is 12.2. The van der Waals surface area contributed by atoms with E-state index in [1.165, 1.54) is 0 Å². The molecular weight excluding hydrogens is 304 g/mol. The molecule has 1 aromatic heterocycles. The average molecular weight is 330 g/mol. The molecule has 0 fully saturated rings. The van der Waals surface area contributed by atoms with Crippen molar-refractivity contribution in [3.05, 3.63) is 36.7 Å². The monoisotopic (exact) mass is 330 g/mol. The van der Waals surface area contributed by atoms with Gasteiger partial charge in [-0.05, 0) is 39.3 Å². The zero-order valence-electron chi connectivity index (χ0n) is 15.0.